The van der Waals surface area contributed by atoms with Gasteiger partial charge in [-0.15, -0.1) is 0 Å². The number of aryl methyl sites for hydroxylation is 1. The zero-order chi connectivity index (χ0) is 9.80. The minimum Gasteiger partial charge on any atom is -0.363 e. The quantitative estimate of drug-likeness (QED) is 0.776. The van der Waals surface area contributed by atoms with Gasteiger partial charge in [0.25, 0.3) is 0 Å². The van der Waals surface area contributed by atoms with Gasteiger partial charge in [-0.1, -0.05) is 0 Å². The van der Waals surface area contributed by atoms with Gasteiger partial charge < -0.3 is 5.32 Å². The zero-order valence-corrected chi connectivity index (χ0v) is 7.88. The molecule has 0 spiro atoms. The number of hydrogen-bond acceptors (Lipinski definition) is 4. The standard InChI is InChI=1S/C9H11N5/c1-14-5-2-8(13-14)6-12-9-7-10-3-4-11-9/h2-5,7H,6H2,1H3,(H,11,12). The van der Waals surface area contributed by atoms with Gasteiger partial charge in [-0.2, -0.15) is 5.10 Å². The van der Waals surface area contributed by atoms with Crippen molar-refractivity contribution in [1.82, 2.24) is 19.7 Å². The summed E-state index contributed by atoms with van der Waals surface area (Å²) >= 11 is 0. The molecule has 0 saturated carbocycles. The van der Waals surface area contributed by atoms with Crippen LogP contribution in [0.3, 0.4) is 0 Å². The monoisotopic (exact) mass is 189 g/mol. The van der Waals surface area contributed by atoms with Gasteiger partial charge in [-0.25, -0.2) is 4.98 Å². The van der Waals surface area contributed by atoms with E-state index in [1.807, 2.05) is 19.3 Å². The van der Waals surface area contributed by atoms with E-state index in [1.54, 1.807) is 23.3 Å². The Hall–Kier alpha value is -1.91. The molecule has 0 atom stereocenters. The number of nitrogens with one attached hydrogen (secondary N) is 1. The first-order valence-corrected chi connectivity index (χ1v) is 4.33. The van der Waals surface area contributed by atoms with Crippen LogP contribution in [0.2, 0.25) is 0 Å². The van der Waals surface area contributed by atoms with E-state index in [9.17, 15) is 0 Å². The van der Waals surface area contributed by atoms with Gasteiger partial charge in [0.05, 0.1) is 18.4 Å². The van der Waals surface area contributed by atoms with Gasteiger partial charge in [0, 0.05) is 25.6 Å². The Morgan fingerprint density at radius 3 is 3.00 bits per heavy atom. The molecule has 0 aromatic carbocycles. The summed E-state index contributed by atoms with van der Waals surface area (Å²) in [5, 5.41) is 7.36. The summed E-state index contributed by atoms with van der Waals surface area (Å²) in [6, 6.07) is 1.96. The third-order valence-corrected chi connectivity index (χ3v) is 1.78. The fourth-order valence-corrected chi connectivity index (χ4v) is 1.13. The summed E-state index contributed by atoms with van der Waals surface area (Å²) in [5.74, 6) is 0.762. The molecule has 0 saturated heterocycles. The van der Waals surface area contributed by atoms with Crippen molar-refractivity contribution in [2.24, 2.45) is 7.05 Å². The number of rotatable bonds is 3. The molecule has 0 aliphatic carbocycles. The van der Waals surface area contributed by atoms with E-state index in [1.165, 1.54) is 0 Å². The van der Waals surface area contributed by atoms with Gasteiger partial charge in [-0.3, -0.25) is 9.67 Å². The molecule has 1 N–H and O–H groups in total. The van der Waals surface area contributed by atoms with E-state index in [0.717, 1.165) is 11.5 Å². The maximum atomic E-state index is 4.23. The van der Waals surface area contributed by atoms with Gasteiger partial charge in [0.1, 0.15) is 5.82 Å². The molecule has 14 heavy (non-hydrogen) atoms. The summed E-state index contributed by atoms with van der Waals surface area (Å²) < 4.78 is 1.77. The molecular formula is C9H11N5. The lowest BCUT2D eigenvalue weighted by Gasteiger charge is -2.00. The summed E-state index contributed by atoms with van der Waals surface area (Å²) in [6.45, 7) is 0.666. The molecule has 0 fully saturated rings. The largest absolute Gasteiger partial charge is 0.363 e. The molecule has 2 aromatic rings. The van der Waals surface area contributed by atoms with Crippen LogP contribution in [-0.4, -0.2) is 19.7 Å². The lowest BCUT2D eigenvalue weighted by Crippen LogP contribution is -2.02. The topological polar surface area (TPSA) is 55.6 Å². The molecule has 0 unspecified atom stereocenters. The fraction of sp³-hybridized carbons (Fsp3) is 0.222. The van der Waals surface area contributed by atoms with Gasteiger partial charge in [0.2, 0.25) is 0 Å². The van der Waals surface area contributed by atoms with Crippen LogP contribution in [-0.2, 0) is 13.6 Å². The lowest BCUT2D eigenvalue weighted by atomic mass is 10.4. The minimum absolute atomic E-state index is 0.666. The molecule has 2 rings (SSSR count). The molecule has 2 aromatic heterocycles. The first-order valence-electron chi connectivity index (χ1n) is 4.33. The first kappa shape index (κ1) is 8.68. The second-order valence-corrected chi connectivity index (χ2v) is 2.92. The zero-order valence-electron chi connectivity index (χ0n) is 7.88. The van der Waals surface area contributed by atoms with Crippen LogP contribution >= 0.6 is 0 Å². The average molecular weight is 189 g/mol. The molecule has 5 heteroatoms. The lowest BCUT2D eigenvalue weighted by molar-refractivity contribution is 0.747. The maximum absolute atomic E-state index is 4.23. The number of hydrogen-bond donors (Lipinski definition) is 1. The van der Waals surface area contributed by atoms with Gasteiger partial charge >= 0.3 is 0 Å². The maximum Gasteiger partial charge on any atom is 0.144 e. The van der Waals surface area contributed by atoms with Crippen molar-refractivity contribution in [2.45, 2.75) is 6.54 Å². The van der Waals surface area contributed by atoms with Crippen LogP contribution < -0.4 is 5.32 Å². The Kier molecular flexibility index (Phi) is 2.40. The normalized spacial score (nSPS) is 10.1. The van der Waals surface area contributed by atoms with E-state index in [2.05, 4.69) is 20.4 Å². The third kappa shape index (κ3) is 2.07. The molecule has 0 amide bonds. The van der Waals surface area contributed by atoms with Crippen LogP contribution in [0.1, 0.15) is 5.69 Å². The molecule has 5 nitrogen and oxygen atoms in total. The van der Waals surface area contributed by atoms with Gasteiger partial charge in [-0.05, 0) is 6.07 Å². The van der Waals surface area contributed by atoms with E-state index >= 15 is 0 Å². The van der Waals surface area contributed by atoms with E-state index in [4.69, 9.17) is 0 Å². The molecule has 0 bridgehead atoms. The highest BCUT2D eigenvalue weighted by Gasteiger charge is 1.96. The Morgan fingerprint density at radius 1 is 1.43 bits per heavy atom. The predicted octanol–water partition coefficient (Wildman–Crippen LogP) is 0.822. The number of nitrogens with zero attached hydrogens (tertiary/aromatic N) is 4. The number of aromatic nitrogens is 4. The van der Waals surface area contributed by atoms with Crippen molar-refractivity contribution in [3.05, 3.63) is 36.5 Å². The van der Waals surface area contributed by atoms with E-state index in [0.29, 0.717) is 6.54 Å². The summed E-state index contributed by atoms with van der Waals surface area (Å²) in [4.78, 5) is 8.04. The van der Waals surface area contributed by atoms with Crippen LogP contribution in [0.25, 0.3) is 0 Å². The Balaban J connectivity index is 1.95. The fourth-order valence-electron chi connectivity index (χ4n) is 1.13. The van der Waals surface area contributed by atoms with Crippen LogP contribution in [0.15, 0.2) is 30.9 Å². The van der Waals surface area contributed by atoms with Crippen LogP contribution in [0, 0.1) is 0 Å². The van der Waals surface area contributed by atoms with Crippen molar-refractivity contribution < 1.29 is 0 Å². The average Bonchev–Trinajstić information content (AvgIpc) is 2.63. The van der Waals surface area contributed by atoms with E-state index < -0.39 is 0 Å². The Labute approximate surface area is 81.8 Å². The molecule has 0 aliphatic heterocycles. The van der Waals surface area contributed by atoms with Crippen LogP contribution in [0.5, 0.6) is 0 Å². The summed E-state index contributed by atoms with van der Waals surface area (Å²) in [7, 11) is 1.89. The molecular weight excluding hydrogens is 178 g/mol. The first-order chi connectivity index (χ1) is 6.84. The van der Waals surface area contributed by atoms with Crippen molar-refractivity contribution in [3.63, 3.8) is 0 Å². The smallest absolute Gasteiger partial charge is 0.144 e. The van der Waals surface area contributed by atoms with Crippen LogP contribution in [0.4, 0.5) is 5.82 Å². The highest BCUT2D eigenvalue weighted by atomic mass is 15.3. The number of anilines is 1. The SMILES string of the molecule is Cn1ccc(CNc2cnccn2)n1. The van der Waals surface area contributed by atoms with Gasteiger partial charge in [0.15, 0.2) is 0 Å². The Bertz CT molecular complexity index is 395. The Morgan fingerprint density at radius 2 is 2.36 bits per heavy atom. The van der Waals surface area contributed by atoms with E-state index in [-0.39, 0.29) is 0 Å². The highest BCUT2D eigenvalue weighted by Crippen LogP contribution is 2.01. The second kappa shape index (κ2) is 3.87. The molecule has 2 heterocycles. The van der Waals surface area contributed by atoms with Crippen molar-refractivity contribution in [2.75, 3.05) is 5.32 Å². The molecule has 0 radical (unpaired) electrons. The second-order valence-electron chi connectivity index (χ2n) is 2.92. The summed E-state index contributed by atoms with van der Waals surface area (Å²) in [5.41, 5.74) is 0.984. The third-order valence-electron chi connectivity index (χ3n) is 1.78. The minimum atomic E-state index is 0.666. The molecule has 0 aliphatic rings. The van der Waals surface area contributed by atoms with Crippen molar-refractivity contribution >= 4 is 5.82 Å². The van der Waals surface area contributed by atoms with Crippen molar-refractivity contribution in [1.29, 1.82) is 0 Å². The molecule has 72 valence electrons. The van der Waals surface area contributed by atoms with Crippen molar-refractivity contribution in [3.8, 4) is 0 Å². The summed E-state index contributed by atoms with van der Waals surface area (Å²) in [6.07, 6.45) is 6.89. The predicted molar refractivity (Wildman–Crippen MR) is 52.6 cm³/mol. The highest BCUT2D eigenvalue weighted by molar-refractivity contribution is 5.30.